The third kappa shape index (κ3) is 3.07. The highest BCUT2D eigenvalue weighted by atomic mass is 16.4. The molecule has 3 aromatic rings. The van der Waals surface area contributed by atoms with E-state index in [9.17, 15) is 0 Å². The Hall–Kier alpha value is -3.13. The van der Waals surface area contributed by atoms with Crippen LogP contribution in [0, 0.1) is 11.3 Å². The first-order valence-electron chi connectivity index (χ1n) is 6.47. The molecule has 0 saturated heterocycles. The minimum Gasteiger partial charge on any atom is -0.419 e. The number of nitriles is 1. The van der Waals surface area contributed by atoms with Crippen LogP contribution in [0.25, 0.3) is 11.5 Å². The maximum absolute atomic E-state index is 8.86. The summed E-state index contributed by atoms with van der Waals surface area (Å²) >= 11 is 0. The third-order valence-corrected chi connectivity index (χ3v) is 2.92. The van der Waals surface area contributed by atoms with Crippen molar-refractivity contribution in [1.29, 1.82) is 5.26 Å². The fourth-order valence-corrected chi connectivity index (χ4v) is 1.90. The van der Waals surface area contributed by atoms with Crippen LogP contribution in [0.1, 0.15) is 11.5 Å². The van der Waals surface area contributed by atoms with Gasteiger partial charge in [-0.2, -0.15) is 5.26 Å². The van der Waals surface area contributed by atoms with Crippen molar-refractivity contribution >= 4 is 5.69 Å². The van der Waals surface area contributed by atoms with E-state index in [-0.39, 0.29) is 0 Å². The first-order valence-corrected chi connectivity index (χ1v) is 6.47. The molecule has 5 heteroatoms. The summed E-state index contributed by atoms with van der Waals surface area (Å²) in [6, 6.07) is 18.9. The fourth-order valence-electron chi connectivity index (χ4n) is 1.90. The Kier molecular flexibility index (Phi) is 3.61. The SMILES string of the molecule is N#Cc1cccc(NCc2nnc(-c3ccccc3)o2)c1. The second-order valence-electron chi connectivity index (χ2n) is 4.41. The first kappa shape index (κ1) is 12.9. The van der Waals surface area contributed by atoms with Crippen LogP contribution >= 0.6 is 0 Å². The van der Waals surface area contributed by atoms with Gasteiger partial charge in [0.15, 0.2) is 0 Å². The molecular formula is C16H12N4O. The number of rotatable bonds is 4. The average Bonchev–Trinajstić information content (AvgIpc) is 3.03. The van der Waals surface area contributed by atoms with Crippen molar-refractivity contribution in [2.45, 2.75) is 6.54 Å². The molecule has 1 heterocycles. The van der Waals surface area contributed by atoms with Crippen molar-refractivity contribution in [3.8, 4) is 17.5 Å². The van der Waals surface area contributed by atoms with Gasteiger partial charge in [0.05, 0.1) is 18.2 Å². The highest BCUT2D eigenvalue weighted by Crippen LogP contribution is 2.17. The van der Waals surface area contributed by atoms with Crippen LogP contribution in [0.2, 0.25) is 0 Å². The van der Waals surface area contributed by atoms with E-state index in [2.05, 4.69) is 21.6 Å². The summed E-state index contributed by atoms with van der Waals surface area (Å²) in [5.74, 6) is 0.995. The molecule has 102 valence electrons. The summed E-state index contributed by atoms with van der Waals surface area (Å²) in [7, 11) is 0. The van der Waals surface area contributed by atoms with Crippen LogP contribution < -0.4 is 5.32 Å². The number of hydrogen-bond donors (Lipinski definition) is 1. The molecule has 2 aromatic carbocycles. The topological polar surface area (TPSA) is 74.7 Å². The lowest BCUT2D eigenvalue weighted by Crippen LogP contribution is -1.99. The van der Waals surface area contributed by atoms with Crippen molar-refractivity contribution in [2.75, 3.05) is 5.32 Å². The molecule has 0 radical (unpaired) electrons. The molecule has 0 amide bonds. The van der Waals surface area contributed by atoms with Gasteiger partial charge in [0.2, 0.25) is 11.8 Å². The summed E-state index contributed by atoms with van der Waals surface area (Å²) in [6.07, 6.45) is 0. The van der Waals surface area contributed by atoms with Crippen LogP contribution in [0.5, 0.6) is 0 Å². The van der Waals surface area contributed by atoms with Gasteiger partial charge in [-0.3, -0.25) is 0 Å². The van der Waals surface area contributed by atoms with E-state index < -0.39 is 0 Å². The molecule has 0 aliphatic rings. The van der Waals surface area contributed by atoms with Crippen LogP contribution in [-0.4, -0.2) is 10.2 Å². The van der Waals surface area contributed by atoms with E-state index >= 15 is 0 Å². The van der Waals surface area contributed by atoms with E-state index in [1.165, 1.54) is 0 Å². The van der Waals surface area contributed by atoms with E-state index in [1.54, 1.807) is 12.1 Å². The van der Waals surface area contributed by atoms with Crippen molar-refractivity contribution in [1.82, 2.24) is 10.2 Å². The van der Waals surface area contributed by atoms with Crippen LogP contribution in [0.3, 0.4) is 0 Å². The number of hydrogen-bond acceptors (Lipinski definition) is 5. The number of nitrogens with one attached hydrogen (secondary N) is 1. The zero-order chi connectivity index (χ0) is 14.5. The fraction of sp³-hybridized carbons (Fsp3) is 0.0625. The van der Waals surface area contributed by atoms with Gasteiger partial charge < -0.3 is 9.73 Å². The van der Waals surface area contributed by atoms with E-state index in [1.807, 2.05) is 42.5 Å². The predicted molar refractivity (Wildman–Crippen MR) is 78.2 cm³/mol. The second-order valence-corrected chi connectivity index (χ2v) is 4.41. The lowest BCUT2D eigenvalue weighted by atomic mass is 10.2. The van der Waals surface area contributed by atoms with Crippen LogP contribution in [-0.2, 0) is 6.54 Å². The van der Waals surface area contributed by atoms with Gasteiger partial charge in [-0.15, -0.1) is 10.2 Å². The van der Waals surface area contributed by atoms with Gasteiger partial charge in [-0.25, -0.2) is 0 Å². The molecule has 0 bridgehead atoms. The number of anilines is 1. The smallest absolute Gasteiger partial charge is 0.247 e. The molecule has 0 saturated carbocycles. The van der Waals surface area contributed by atoms with Crippen molar-refractivity contribution < 1.29 is 4.42 Å². The molecule has 0 fully saturated rings. The number of aromatic nitrogens is 2. The van der Waals surface area contributed by atoms with Crippen LogP contribution in [0.15, 0.2) is 59.0 Å². The zero-order valence-electron chi connectivity index (χ0n) is 11.2. The predicted octanol–water partition coefficient (Wildman–Crippen LogP) is 3.22. The zero-order valence-corrected chi connectivity index (χ0v) is 11.2. The standard InChI is InChI=1S/C16H12N4O/c17-10-12-5-4-8-14(9-12)18-11-15-19-20-16(21-15)13-6-2-1-3-7-13/h1-9,18H,11H2. The summed E-state index contributed by atoms with van der Waals surface area (Å²) in [4.78, 5) is 0. The Morgan fingerprint density at radius 2 is 1.90 bits per heavy atom. The number of benzene rings is 2. The van der Waals surface area contributed by atoms with Gasteiger partial charge in [0.1, 0.15) is 0 Å². The van der Waals surface area contributed by atoms with Crippen LogP contribution in [0.4, 0.5) is 5.69 Å². The van der Waals surface area contributed by atoms with Gasteiger partial charge in [-0.05, 0) is 30.3 Å². The molecule has 0 aliphatic heterocycles. The molecule has 0 aliphatic carbocycles. The minimum atomic E-state index is 0.411. The average molecular weight is 276 g/mol. The molecule has 1 aromatic heterocycles. The lowest BCUT2D eigenvalue weighted by Gasteiger charge is -2.03. The highest BCUT2D eigenvalue weighted by Gasteiger charge is 2.07. The quantitative estimate of drug-likeness (QED) is 0.791. The largest absolute Gasteiger partial charge is 0.419 e. The van der Waals surface area contributed by atoms with E-state index in [4.69, 9.17) is 9.68 Å². The monoisotopic (exact) mass is 276 g/mol. The highest BCUT2D eigenvalue weighted by molar-refractivity contribution is 5.52. The molecule has 3 rings (SSSR count). The Balaban J connectivity index is 1.69. The lowest BCUT2D eigenvalue weighted by molar-refractivity contribution is 0.515. The molecule has 21 heavy (non-hydrogen) atoms. The first-order chi connectivity index (χ1) is 10.3. The van der Waals surface area contributed by atoms with Gasteiger partial charge in [0.25, 0.3) is 0 Å². The van der Waals surface area contributed by atoms with Gasteiger partial charge in [0, 0.05) is 11.3 Å². The van der Waals surface area contributed by atoms with Crippen molar-refractivity contribution in [2.24, 2.45) is 0 Å². The molecule has 0 unspecified atom stereocenters. The second kappa shape index (κ2) is 5.88. The number of nitrogens with zero attached hydrogens (tertiary/aromatic N) is 3. The Morgan fingerprint density at radius 3 is 2.71 bits per heavy atom. The van der Waals surface area contributed by atoms with E-state index in [0.717, 1.165) is 11.3 Å². The third-order valence-electron chi connectivity index (χ3n) is 2.92. The maximum atomic E-state index is 8.86. The summed E-state index contributed by atoms with van der Waals surface area (Å²) in [6.45, 7) is 0.411. The summed E-state index contributed by atoms with van der Waals surface area (Å²) < 4.78 is 5.60. The summed E-state index contributed by atoms with van der Waals surface area (Å²) in [5.41, 5.74) is 2.34. The minimum absolute atomic E-state index is 0.411. The molecule has 1 N–H and O–H groups in total. The normalized spacial score (nSPS) is 10.0. The Bertz CT molecular complexity index is 774. The van der Waals surface area contributed by atoms with Gasteiger partial charge >= 0.3 is 0 Å². The Labute approximate surface area is 121 Å². The molecular weight excluding hydrogens is 264 g/mol. The van der Waals surface area contributed by atoms with Crippen molar-refractivity contribution in [3.63, 3.8) is 0 Å². The molecule has 0 spiro atoms. The van der Waals surface area contributed by atoms with E-state index in [0.29, 0.717) is 23.9 Å². The molecule has 5 nitrogen and oxygen atoms in total. The molecule has 0 atom stereocenters. The van der Waals surface area contributed by atoms with Gasteiger partial charge in [-0.1, -0.05) is 24.3 Å². The summed E-state index contributed by atoms with van der Waals surface area (Å²) in [5, 5.41) is 20.0. The maximum Gasteiger partial charge on any atom is 0.247 e. The van der Waals surface area contributed by atoms with Crippen molar-refractivity contribution in [3.05, 3.63) is 66.1 Å². The Morgan fingerprint density at radius 1 is 1.05 bits per heavy atom.